The Balaban J connectivity index is 1.56. The third-order valence-electron chi connectivity index (χ3n) is 8.04. The molecule has 1 saturated heterocycles. The van der Waals surface area contributed by atoms with Crippen LogP contribution in [-0.4, -0.2) is 59.7 Å². The van der Waals surface area contributed by atoms with Crippen molar-refractivity contribution in [3.05, 3.63) is 57.6 Å². The molecule has 0 spiro atoms. The van der Waals surface area contributed by atoms with Gasteiger partial charge in [-0.05, 0) is 37.0 Å². The predicted molar refractivity (Wildman–Crippen MR) is 150 cm³/mol. The maximum absolute atomic E-state index is 14.2. The quantitative estimate of drug-likeness (QED) is 0.333. The van der Waals surface area contributed by atoms with Gasteiger partial charge in [-0.1, -0.05) is 25.5 Å². The molecule has 0 saturated carbocycles. The van der Waals surface area contributed by atoms with Crippen LogP contribution in [0.5, 0.6) is 11.5 Å². The Labute approximate surface area is 248 Å². The summed E-state index contributed by atoms with van der Waals surface area (Å²) in [6.45, 7) is 7.43. The third-order valence-corrected chi connectivity index (χ3v) is 8.04. The Morgan fingerprint density at radius 1 is 0.930 bits per heavy atom. The van der Waals surface area contributed by atoms with Crippen LogP contribution in [0.25, 0.3) is 0 Å². The second-order valence-corrected chi connectivity index (χ2v) is 11.2. The zero-order chi connectivity index (χ0) is 31.2. The number of carbonyl (C=O) groups excluding carboxylic acids is 6. The van der Waals surface area contributed by atoms with Crippen molar-refractivity contribution in [2.75, 3.05) is 0 Å². The smallest absolute Gasteiger partial charge is 0.308 e. The zero-order valence-electron chi connectivity index (χ0n) is 24.6. The number of nitrogens with one attached hydrogen (secondary N) is 1. The molecule has 11 heteroatoms. The highest BCUT2D eigenvalue weighted by molar-refractivity contribution is 6.33. The van der Waals surface area contributed by atoms with Gasteiger partial charge in [-0.15, -0.1) is 0 Å². The normalized spacial score (nSPS) is 24.3. The molecule has 1 aliphatic heterocycles. The Morgan fingerprint density at radius 2 is 1.67 bits per heavy atom. The van der Waals surface area contributed by atoms with E-state index in [-0.39, 0.29) is 69.8 Å². The fraction of sp³-hybridized carbons (Fsp3) is 0.438. The molecule has 226 valence electrons. The first-order valence-corrected chi connectivity index (χ1v) is 14.3. The fourth-order valence-corrected chi connectivity index (χ4v) is 6.26. The molecule has 0 aromatic heterocycles. The molecule has 2 aromatic rings. The molecule has 1 N–H and O–H groups in total. The first-order valence-electron chi connectivity index (χ1n) is 14.3. The summed E-state index contributed by atoms with van der Waals surface area (Å²) < 4.78 is 22.9. The van der Waals surface area contributed by atoms with Crippen molar-refractivity contribution in [2.24, 2.45) is 5.92 Å². The lowest BCUT2D eigenvalue weighted by atomic mass is 9.73. The molecule has 43 heavy (non-hydrogen) atoms. The number of hydrogen-bond acceptors (Lipinski definition) is 10. The van der Waals surface area contributed by atoms with Gasteiger partial charge in [-0.2, -0.15) is 0 Å². The standard InChI is InChI=1S/C32H33NO10/c1-6-18-10-19-12-24(41-16(4)35)28-29(26(19)22(37)11-18)30(38)20-8-7-9-23(27(20)31(28)39)43-25-13-21(33-15(3)34)32(14(2)40-25)42-17(5)36/h7-9,12,14,18,21,25,32H,6,10-11,13H2,1-5H3,(H,33,34)/t14-,18-,21+,25-,32-/m0/s1. The van der Waals surface area contributed by atoms with Gasteiger partial charge in [0, 0.05) is 50.3 Å². The van der Waals surface area contributed by atoms with Gasteiger partial charge in [0.1, 0.15) is 17.6 Å². The van der Waals surface area contributed by atoms with Gasteiger partial charge >= 0.3 is 11.9 Å². The minimum atomic E-state index is -0.988. The number of fused-ring (bicyclic) bond motifs is 4. The minimum Gasteiger partial charge on any atom is -0.464 e. The van der Waals surface area contributed by atoms with Crippen LogP contribution in [0, 0.1) is 5.92 Å². The van der Waals surface area contributed by atoms with Gasteiger partial charge in [0.15, 0.2) is 11.6 Å². The number of amides is 1. The minimum absolute atomic E-state index is 0.0371. The molecular formula is C32H33NO10. The molecule has 11 nitrogen and oxygen atoms in total. The molecule has 5 rings (SSSR count). The van der Waals surface area contributed by atoms with Crippen molar-refractivity contribution in [3.63, 3.8) is 0 Å². The number of carbonyl (C=O) groups is 6. The molecule has 0 bridgehead atoms. The van der Waals surface area contributed by atoms with Crippen molar-refractivity contribution in [1.82, 2.24) is 5.32 Å². The van der Waals surface area contributed by atoms with Crippen molar-refractivity contribution in [1.29, 1.82) is 0 Å². The summed E-state index contributed by atoms with van der Waals surface area (Å²) in [6.07, 6.45) is -0.852. The maximum Gasteiger partial charge on any atom is 0.308 e. The first kappa shape index (κ1) is 30.1. The molecule has 1 fully saturated rings. The summed E-state index contributed by atoms with van der Waals surface area (Å²) >= 11 is 0. The first-order chi connectivity index (χ1) is 20.4. The Hall–Kier alpha value is -4.38. The largest absolute Gasteiger partial charge is 0.464 e. The Morgan fingerprint density at radius 3 is 2.33 bits per heavy atom. The summed E-state index contributed by atoms with van der Waals surface area (Å²) in [5.41, 5.74) is 0.548. The third kappa shape index (κ3) is 5.69. The number of Topliss-reactive ketones (excluding diaryl/α,β-unsaturated/α-hetero) is 1. The van der Waals surface area contributed by atoms with Gasteiger partial charge in [-0.25, -0.2) is 0 Å². The molecule has 5 atom stereocenters. The van der Waals surface area contributed by atoms with Crippen LogP contribution in [-0.2, 0) is 30.3 Å². The van der Waals surface area contributed by atoms with Crippen molar-refractivity contribution in [2.45, 2.75) is 84.8 Å². The Bertz CT molecular complexity index is 1560. The summed E-state index contributed by atoms with van der Waals surface area (Å²) in [4.78, 5) is 77.2. The van der Waals surface area contributed by atoms with E-state index in [0.29, 0.717) is 12.0 Å². The maximum atomic E-state index is 14.2. The van der Waals surface area contributed by atoms with Crippen molar-refractivity contribution < 1.29 is 47.7 Å². The molecule has 3 aliphatic rings. The topological polar surface area (TPSA) is 151 Å². The highest BCUT2D eigenvalue weighted by Gasteiger charge is 2.43. The van der Waals surface area contributed by atoms with Gasteiger partial charge < -0.3 is 24.3 Å². The average Bonchev–Trinajstić information content (AvgIpc) is 2.92. The number of ether oxygens (including phenoxy) is 4. The molecule has 2 aliphatic carbocycles. The molecule has 1 heterocycles. The summed E-state index contributed by atoms with van der Waals surface area (Å²) in [5.74, 6) is -2.94. The van der Waals surface area contributed by atoms with E-state index in [1.165, 1.54) is 39.0 Å². The SMILES string of the molecule is CC[C@@H]1CC(=O)c2c(cc(OC(C)=O)c3c2C(=O)c2cccc(O[C@H]4C[C@@H](NC(C)=O)[C@@H](OC(C)=O)[C@H](C)O4)c2C3=O)C1. The lowest BCUT2D eigenvalue weighted by Gasteiger charge is -2.40. The molecule has 1 amide bonds. The van der Waals surface area contributed by atoms with Crippen LogP contribution in [0.2, 0.25) is 0 Å². The van der Waals surface area contributed by atoms with Crippen LogP contribution in [0.3, 0.4) is 0 Å². The highest BCUT2D eigenvalue weighted by atomic mass is 16.7. The molecular weight excluding hydrogens is 558 g/mol. The molecule has 0 radical (unpaired) electrons. The van der Waals surface area contributed by atoms with Crippen molar-refractivity contribution >= 4 is 35.2 Å². The average molecular weight is 592 g/mol. The van der Waals surface area contributed by atoms with E-state index < -0.39 is 48.0 Å². The van der Waals surface area contributed by atoms with E-state index in [1.54, 1.807) is 13.0 Å². The van der Waals surface area contributed by atoms with Gasteiger partial charge in [0.2, 0.25) is 18.0 Å². The number of benzene rings is 2. The second kappa shape index (κ2) is 11.7. The van der Waals surface area contributed by atoms with Crippen LogP contribution in [0.4, 0.5) is 0 Å². The van der Waals surface area contributed by atoms with E-state index in [0.717, 1.165) is 6.42 Å². The lowest BCUT2D eigenvalue weighted by Crippen LogP contribution is -2.57. The van der Waals surface area contributed by atoms with E-state index in [2.05, 4.69) is 5.32 Å². The monoisotopic (exact) mass is 591 g/mol. The number of esters is 2. The fourth-order valence-electron chi connectivity index (χ4n) is 6.26. The van der Waals surface area contributed by atoms with Gasteiger partial charge in [-0.3, -0.25) is 28.8 Å². The van der Waals surface area contributed by atoms with Crippen LogP contribution < -0.4 is 14.8 Å². The molecule has 2 aromatic carbocycles. The van der Waals surface area contributed by atoms with Crippen LogP contribution in [0.15, 0.2) is 24.3 Å². The molecule has 0 unspecified atom stereocenters. The van der Waals surface area contributed by atoms with E-state index in [9.17, 15) is 28.8 Å². The number of hydrogen-bond donors (Lipinski definition) is 1. The van der Waals surface area contributed by atoms with E-state index in [1.807, 2.05) is 6.92 Å². The number of rotatable bonds is 6. The summed E-state index contributed by atoms with van der Waals surface area (Å²) in [5, 5.41) is 2.76. The lowest BCUT2D eigenvalue weighted by molar-refractivity contribution is -0.205. The predicted octanol–water partition coefficient (Wildman–Crippen LogP) is 3.49. The van der Waals surface area contributed by atoms with Crippen LogP contribution >= 0.6 is 0 Å². The number of ketones is 3. The van der Waals surface area contributed by atoms with E-state index in [4.69, 9.17) is 18.9 Å². The Kier molecular flexibility index (Phi) is 8.20. The van der Waals surface area contributed by atoms with E-state index >= 15 is 0 Å². The van der Waals surface area contributed by atoms with Gasteiger partial charge in [0.05, 0.1) is 23.3 Å². The van der Waals surface area contributed by atoms with Crippen LogP contribution in [0.1, 0.15) is 102 Å². The summed E-state index contributed by atoms with van der Waals surface area (Å²) in [7, 11) is 0. The van der Waals surface area contributed by atoms with Crippen molar-refractivity contribution in [3.8, 4) is 11.5 Å². The second-order valence-electron chi connectivity index (χ2n) is 11.2. The zero-order valence-corrected chi connectivity index (χ0v) is 24.6. The summed E-state index contributed by atoms with van der Waals surface area (Å²) in [6, 6.07) is 5.43. The van der Waals surface area contributed by atoms with Gasteiger partial charge in [0.25, 0.3) is 0 Å². The highest BCUT2D eigenvalue weighted by Crippen LogP contribution is 2.43.